The molecule has 4 nitrogen and oxygen atoms in total. The highest BCUT2D eigenvalue weighted by atomic mass is 16.5. The number of aromatic hydroxyl groups is 1. The van der Waals surface area contributed by atoms with Crippen molar-refractivity contribution in [1.29, 1.82) is 0 Å². The third kappa shape index (κ3) is 1.46. The van der Waals surface area contributed by atoms with Gasteiger partial charge in [0.1, 0.15) is 11.3 Å². The Morgan fingerprint density at radius 1 is 1.44 bits per heavy atom. The number of fused-ring (bicyclic) bond motifs is 1. The second kappa shape index (κ2) is 3.96. The van der Waals surface area contributed by atoms with E-state index in [1.807, 2.05) is 6.92 Å². The summed E-state index contributed by atoms with van der Waals surface area (Å²) >= 11 is 0. The molecule has 0 aliphatic carbocycles. The molecule has 1 aromatic heterocycles. The van der Waals surface area contributed by atoms with Gasteiger partial charge >= 0.3 is 0 Å². The first-order valence-corrected chi connectivity index (χ1v) is 5.32. The van der Waals surface area contributed by atoms with Crippen molar-refractivity contribution < 1.29 is 14.4 Å². The van der Waals surface area contributed by atoms with Crippen LogP contribution >= 0.6 is 0 Å². The maximum absolute atomic E-state index is 11.7. The van der Waals surface area contributed by atoms with Crippen LogP contribution in [0.3, 0.4) is 0 Å². The fourth-order valence-corrected chi connectivity index (χ4v) is 1.75. The van der Waals surface area contributed by atoms with Gasteiger partial charge in [-0.05, 0) is 18.6 Å². The van der Waals surface area contributed by atoms with Gasteiger partial charge in [0, 0.05) is 11.8 Å². The minimum absolute atomic E-state index is 0.0434. The average Bonchev–Trinajstić information content (AvgIpc) is 2.70. The zero-order chi connectivity index (χ0) is 11.7. The fraction of sp³-hybridized carbons (Fsp3) is 0.333. The van der Waals surface area contributed by atoms with Crippen molar-refractivity contribution in [3.8, 4) is 5.75 Å². The fourth-order valence-electron chi connectivity index (χ4n) is 1.75. The molecule has 4 heteroatoms. The maximum Gasteiger partial charge on any atom is 0.181 e. The van der Waals surface area contributed by atoms with Gasteiger partial charge < -0.3 is 9.63 Å². The first kappa shape index (κ1) is 10.7. The summed E-state index contributed by atoms with van der Waals surface area (Å²) in [5.74, 6) is -0.181. The molecule has 2 rings (SSSR count). The number of carbonyl (C=O) groups excluding carboxylic acids is 1. The topological polar surface area (TPSA) is 63.3 Å². The lowest BCUT2D eigenvalue weighted by Gasteiger charge is -2.01. The van der Waals surface area contributed by atoms with E-state index in [-0.39, 0.29) is 17.1 Å². The molecule has 0 radical (unpaired) electrons. The summed E-state index contributed by atoms with van der Waals surface area (Å²) < 4.78 is 5.14. The molecule has 1 heterocycles. The molecule has 0 aliphatic heterocycles. The molecule has 1 aromatic carbocycles. The van der Waals surface area contributed by atoms with Crippen LogP contribution in [0.1, 0.15) is 36.3 Å². The van der Waals surface area contributed by atoms with E-state index in [1.54, 1.807) is 13.0 Å². The van der Waals surface area contributed by atoms with Gasteiger partial charge in [-0.25, -0.2) is 0 Å². The smallest absolute Gasteiger partial charge is 0.181 e. The number of aryl methyl sites for hydroxylation is 1. The minimum atomic E-state index is -0.137. The van der Waals surface area contributed by atoms with Crippen LogP contribution in [0.5, 0.6) is 5.75 Å². The molecule has 0 saturated carbocycles. The van der Waals surface area contributed by atoms with Crippen LogP contribution in [0, 0.1) is 0 Å². The van der Waals surface area contributed by atoms with E-state index in [0.29, 0.717) is 12.0 Å². The molecule has 0 amide bonds. The third-order valence-corrected chi connectivity index (χ3v) is 2.63. The molecule has 0 atom stereocenters. The molecular weight excluding hydrogens is 206 g/mol. The van der Waals surface area contributed by atoms with Crippen LogP contribution in [0.25, 0.3) is 11.0 Å². The predicted octanol–water partition coefficient (Wildman–Crippen LogP) is 2.69. The summed E-state index contributed by atoms with van der Waals surface area (Å²) in [4.78, 5) is 11.7. The number of phenolic OH excluding ortho intramolecular Hbond substituents is 1. The van der Waals surface area contributed by atoms with E-state index in [0.717, 1.165) is 17.5 Å². The molecule has 0 spiro atoms. The van der Waals surface area contributed by atoms with Crippen molar-refractivity contribution in [1.82, 2.24) is 5.16 Å². The van der Waals surface area contributed by atoms with Crippen LogP contribution in [0.2, 0.25) is 0 Å². The minimum Gasteiger partial charge on any atom is -0.507 e. The quantitative estimate of drug-likeness (QED) is 0.806. The van der Waals surface area contributed by atoms with Crippen LogP contribution in [0.4, 0.5) is 0 Å². The van der Waals surface area contributed by atoms with Gasteiger partial charge in [-0.2, -0.15) is 0 Å². The highest BCUT2D eigenvalue weighted by Gasteiger charge is 2.19. The Morgan fingerprint density at radius 2 is 2.19 bits per heavy atom. The number of hydrogen-bond donors (Lipinski definition) is 1. The first-order chi connectivity index (χ1) is 7.69. The van der Waals surface area contributed by atoms with Gasteiger partial charge in [0.2, 0.25) is 0 Å². The first-order valence-electron chi connectivity index (χ1n) is 5.32. The molecule has 16 heavy (non-hydrogen) atoms. The Hall–Kier alpha value is -1.84. The Labute approximate surface area is 92.9 Å². The Bertz CT molecular complexity index is 542. The Kier molecular flexibility index (Phi) is 2.64. The van der Waals surface area contributed by atoms with Crippen molar-refractivity contribution in [2.24, 2.45) is 0 Å². The molecule has 0 saturated heterocycles. The second-order valence-corrected chi connectivity index (χ2v) is 3.60. The molecule has 2 aromatic rings. The van der Waals surface area contributed by atoms with E-state index >= 15 is 0 Å². The van der Waals surface area contributed by atoms with Gasteiger partial charge in [-0.1, -0.05) is 19.0 Å². The van der Waals surface area contributed by atoms with Crippen LogP contribution < -0.4 is 0 Å². The normalized spacial score (nSPS) is 10.9. The van der Waals surface area contributed by atoms with Crippen LogP contribution in [0.15, 0.2) is 16.7 Å². The number of aromatic nitrogens is 1. The largest absolute Gasteiger partial charge is 0.507 e. The van der Waals surface area contributed by atoms with Gasteiger partial charge in [-0.3, -0.25) is 4.79 Å². The SMILES string of the molecule is CCC(=O)c1c(O)ccc2c(CC)noc12. The van der Waals surface area contributed by atoms with Gasteiger partial charge in [0.15, 0.2) is 11.4 Å². The van der Waals surface area contributed by atoms with E-state index in [9.17, 15) is 9.90 Å². The van der Waals surface area contributed by atoms with Crippen molar-refractivity contribution in [2.45, 2.75) is 26.7 Å². The zero-order valence-corrected chi connectivity index (χ0v) is 9.28. The summed E-state index contributed by atoms with van der Waals surface area (Å²) in [6.45, 7) is 3.71. The third-order valence-electron chi connectivity index (χ3n) is 2.63. The number of carbonyl (C=O) groups is 1. The number of benzene rings is 1. The summed E-state index contributed by atoms with van der Waals surface area (Å²) in [7, 11) is 0. The number of nitrogens with zero attached hydrogens (tertiary/aromatic N) is 1. The molecule has 84 valence electrons. The van der Waals surface area contributed by atoms with E-state index < -0.39 is 0 Å². The molecular formula is C12H13NO3. The van der Waals surface area contributed by atoms with Crippen molar-refractivity contribution in [3.63, 3.8) is 0 Å². The van der Waals surface area contributed by atoms with Gasteiger partial charge in [0.05, 0.1) is 5.69 Å². The van der Waals surface area contributed by atoms with Crippen molar-refractivity contribution >= 4 is 16.8 Å². The number of rotatable bonds is 3. The number of ketones is 1. The number of Topliss-reactive ketones (excluding diaryl/α,β-unsaturated/α-hetero) is 1. The Morgan fingerprint density at radius 3 is 2.81 bits per heavy atom. The lowest BCUT2D eigenvalue weighted by molar-refractivity contribution is 0.0986. The van der Waals surface area contributed by atoms with Crippen LogP contribution in [-0.2, 0) is 6.42 Å². The average molecular weight is 219 g/mol. The number of hydrogen-bond acceptors (Lipinski definition) is 4. The highest BCUT2D eigenvalue weighted by Crippen LogP contribution is 2.30. The summed E-state index contributed by atoms with van der Waals surface area (Å²) in [5.41, 5.74) is 1.44. The van der Waals surface area contributed by atoms with Crippen LogP contribution in [-0.4, -0.2) is 16.0 Å². The molecule has 0 fully saturated rings. The van der Waals surface area contributed by atoms with Crippen molar-refractivity contribution in [3.05, 3.63) is 23.4 Å². The van der Waals surface area contributed by atoms with E-state index in [2.05, 4.69) is 5.16 Å². The van der Waals surface area contributed by atoms with E-state index in [4.69, 9.17) is 4.52 Å². The Balaban J connectivity index is 2.75. The summed E-state index contributed by atoms with van der Waals surface area (Å²) in [5, 5.41) is 14.4. The summed E-state index contributed by atoms with van der Waals surface area (Å²) in [6, 6.07) is 3.24. The van der Waals surface area contributed by atoms with Crippen molar-refractivity contribution in [2.75, 3.05) is 0 Å². The monoisotopic (exact) mass is 219 g/mol. The maximum atomic E-state index is 11.7. The molecule has 1 N–H and O–H groups in total. The number of phenols is 1. The standard InChI is InChI=1S/C12H13NO3/c1-3-8-7-5-6-10(15)11(9(14)4-2)12(7)16-13-8/h5-6,15H,3-4H2,1-2H3. The second-order valence-electron chi connectivity index (χ2n) is 3.60. The lowest BCUT2D eigenvalue weighted by atomic mass is 10.0. The van der Waals surface area contributed by atoms with E-state index in [1.165, 1.54) is 6.07 Å². The molecule has 0 bridgehead atoms. The van der Waals surface area contributed by atoms with Gasteiger partial charge in [0.25, 0.3) is 0 Å². The van der Waals surface area contributed by atoms with Gasteiger partial charge in [-0.15, -0.1) is 0 Å². The zero-order valence-electron chi connectivity index (χ0n) is 9.28. The molecule has 0 unspecified atom stereocenters. The lowest BCUT2D eigenvalue weighted by Crippen LogP contribution is -1.97. The summed E-state index contributed by atoms with van der Waals surface area (Å²) in [6.07, 6.45) is 1.06. The highest BCUT2D eigenvalue weighted by molar-refractivity contribution is 6.08. The molecule has 0 aliphatic rings. The predicted molar refractivity (Wildman–Crippen MR) is 59.7 cm³/mol.